The number of hydrogen-bond donors (Lipinski definition) is 1. The van der Waals surface area contributed by atoms with E-state index in [1.54, 1.807) is 18.4 Å². The van der Waals surface area contributed by atoms with E-state index in [-0.39, 0.29) is 5.92 Å². The number of hydrogen-bond acceptors (Lipinski definition) is 5. The molecule has 1 fully saturated rings. The lowest BCUT2D eigenvalue weighted by atomic mass is 9.96. The van der Waals surface area contributed by atoms with Crippen molar-refractivity contribution < 1.29 is 4.74 Å². The summed E-state index contributed by atoms with van der Waals surface area (Å²) >= 11 is 1.69. The van der Waals surface area contributed by atoms with Crippen LogP contribution in [0, 0.1) is 0 Å². The summed E-state index contributed by atoms with van der Waals surface area (Å²) in [6.07, 6.45) is 6.50. The Labute approximate surface area is 158 Å². The average Bonchev–Trinajstić information content (AvgIpc) is 3.15. The van der Waals surface area contributed by atoms with Gasteiger partial charge in [0, 0.05) is 12.0 Å². The molecule has 1 aromatic heterocycles. The first-order valence-corrected chi connectivity index (χ1v) is 10.2. The Bertz CT molecular complexity index is 886. The molecule has 4 nitrogen and oxygen atoms in total. The molecule has 0 aliphatic heterocycles. The van der Waals surface area contributed by atoms with Gasteiger partial charge in [-0.1, -0.05) is 61.8 Å². The Morgan fingerprint density at radius 3 is 2.62 bits per heavy atom. The van der Waals surface area contributed by atoms with Crippen molar-refractivity contribution in [1.29, 1.82) is 0 Å². The number of methoxy groups -OCH3 is 1. The first-order valence-electron chi connectivity index (χ1n) is 9.40. The van der Waals surface area contributed by atoms with Crippen molar-refractivity contribution in [2.75, 3.05) is 12.4 Å². The summed E-state index contributed by atoms with van der Waals surface area (Å²) in [5.41, 5.74) is 1.27. The second-order valence-corrected chi connectivity index (χ2v) is 8.13. The molecule has 0 radical (unpaired) electrons. The van der Waals surface area contributed by atoms with Crippen molar-refractivity contribution in [3.63, 3.8) is 0 Å². The summed E-state index contributed by atoms with van der Waals surface area (Å²) in [6.45, 7) is 2.20. The summed E-state index contributed by atoms with van der Waals surface area (Å²) in [5.74, 6) is 1.13. The summed E-state index contributed by atoms with van der Waals surface area (Å²) in [7, 11) is 1.70. The van der Waals surface area contributed by atoms with E-state index in [0.717, 1.165) is 15.9 Å². The van der Waals surface area contributed by atoms with Gasteiger partial charge in [0.2, 0.25) is 5.13 Å². The maximum Gasteiger partial charge on any atom is 0.205 e. The van der Waals surface area contributed by atoms with Gasteiger partial charge in [-0.15, -0.1) is 10.2 Å². The Kier molecular flexibility index (Phi) is 5.07. The van der Waals surface area contributed by atoms with E-state index < -0.39 is 0 Å². The number of nitrogens with one attached hydrogen (secondary N) is 1. The van der Waals surface area contributed by atoms with Gasteiger partial charge >= 0.3 is 0 Å². The van der Waals surface area contributed by atoms with Gasteiger partial charge < -0.3 is 10.1 Å². The lowest BCUT2D eigenvalue weighted by Crippen LogP contribution is -2.21. The highest BCUT2D eigenvalue weighted by molar-refractivity contribution is 7.15. The third-order valence-corrected chi connectivity index (χ3v) is 6.35. The molecule has 2 aromatic carbocycles. The minimum atomic E-state index is 0.237. The van der Waals surface area contributed by atoms with Crippen molar-refractivity contribution >= 4 is 27.2 Å². The zero-order chi connectivity index (χ0) is 17.9. The van der Waals surface area contributed by atoms with E-state index >= 15 is 0 Å². The molecule has 1 saturated carbocycles. The van der Waals surface area contributed by atoms with Crippen molar-refractivity contribution in [1.82, 2.24) is 10.2 Å². The molecule has 0 spiro atoms. The molecule has 0 bridgehead atoms. The van der Waals surface area contributed by atoms with E-state index in [4.69, 9.17) is 4.74 Å². The molecule has 1 atom stereocenters. The predicted octanol–water partition coefficient (Wildman–Crippen LogP) is 5.60. The summed E-state index contributed by atoms with van der Waals surface area (Å²) < 4.78 is 5.31. The van der Waals surface area contributed by atoms with Crippen LogP contribution in [0.4, 0.5) is 5.13 Å². The molecule has 26 heavy (non-hydrogen) atoms. The minimum Gasteiger partial charge on any atom is -0.497 e. The van der Waals surface area contributed by atoms with Gasteiger partial charge in [0.1, 0.15) is 10.8 Å². The van der Waals surface area contributed by atoms with E-state index in [9.17, 15) is 0 Å². The van der Waals surface area contributed by atoms with Crippen LogP contribution < -0.4 is 10.1 Å². The van der Waals surface area contributed by atoms with Gasteiger partial charge in [-0.2, -0.15) is 0 Å². The van der Waals surface area contributed by atoms with E-state index in [0.29, 0.717) is 6.04 Å². The van der Waals surface area contributed by atoms with E-state index in [1.165, 1.54) is 48.4 Å². The number of ether oxygens (including phenoxy) is 1. The van der Waals surface area contributed by atoms with Crippen molar-refractivity contribution in [3.05, 3.63) is 47.0 Å². The normalized spacial score (nSPS) is 16.5. The molecule has 3 aromatic rings. The van der Waals surface area contributed by atoms with Gasteiger partial charge in [-0.25, -0.2) is 0 Å². The van der Waals surface area contributed by atoms with Gasteiger partial charge in [-0.3, -0.25) is 0 Å². The molecular formula is C21H25N3OS. The van der Waals surface area contributed by atoms with Crippen LogP contribution in [0.3, 0.4) is 0 Å². The van der Waals surface area contributed by atoms with Crippen LogP contribution in [0.1, 0.15) is 55.5 Å². The quantitative estimate of drug-likeness (QED) is 0.638. The highest BCUT2D eigenvalue weighted by atomic mass is 32.1. The van der Waals surface area contributed by atoms with Gasteiger partial charge in [0.25, 0.3) is 0 Å². The standard InChI is InChI=1S/C21H25N3OS/c1-14(15-8-9-17-13-19(25-2)11-10-16(17)12-15)20-23-24-21(26-20)22-18-6-4-3-5-7-18/h8-14,18H,3-7H2,1-2H3,(H,22,24). The molecule has 1 heterocycles. The minimum absolute atomic E-state index is 0.237. The lowest BCUT2D eigenvalue weighted by molar-refractivity contribution is 0.415. The Hall–Kier alpha value is -2.14. The van der Waals surface area contributed by atoms with Crippen molar-refractivity contribution in [3.8, 4) is 5.75 Å². The summed E-state index contributed by atoms with van der Waals surface area (Å²) in [4.78, 5) is 0. The fourth-order valence-electron chi connectivity index (χ4n) is 3.67. The number of nitrogens with zero attached hydrogens (tertiary/aromatic N) is 2. The maximum absolute atomic E-state index is 5.31. The summed E-state index contributed by atoms with van der Waals surface area (Å²) in [5, 5.41) is 16.9. The number of rotatable bonds is 5. The smallest absolute Gasteiger partial charge is 0.205 e. The average molecular weight is 368 g/mol. The van der Waals surface area contributed by atoms with Crippen LogP contribution >= 0.6 is 11.3 Å². The van der Waals surface area contributed by atoms with Crippen LogP contribution in [-0.4, -0.2) is 23.3 Å². The Morgan fingerprint density at radius 1 is 1.04 bits per heavy atom. The SMILES string of the molecule is COc1ccc2cc(C(C)c3nnc(NC4CCCCC4)s3)ccc2c1. The number of aromatic nitrogens is 2. The van der Waals surface area contributed by atoms with Crippen molar-refractivity contribution in [2.24, 2.45) is 0 Å². The van der Waals surface area contributed by atoms with Gasteiger partial charge in [-0.05, 0) is 41.3 Å². The van der Waals surface area contributed by atoms with Crippen LogP contribution in [0.15, 0.2) is 36.4 Å². The molecule has 1 unspecified atom stereocenters. The largest absolute Gasteiger partial charge is 0.497 e. The Balaban J connectivity index is 1.51. The molecule has 1 aliphatic rings. The Morgan fingerprint density at radius 2 is 1.81 bits per heavy atom. The third kappa shape index (κ3) is 3.68. The second kappa shape index (κ2) is 7.62. The van der Waals surface area contributed by atoms with Gasteiger partial charge in [0.05, 0.1) is 7.11 Å². The zero-order valence-corrected chi connectivity index (χ0v) is 16.2. The molecule has 136 valence electrons. The topological polar surface area (TPSA) is 47.0 Å². The molecule has 0 saturated heterocycles. The fourth-order valence-corrected chi connectivity index (χ4v) is 4.57. The number of benzene rings is 2. The monoisotopic (exact) mass is 367 g/mol. The van der Waals surface area contributed by atoms with Crippen LogP contribution in [0.2, 0.25) is 0 Å². The fraction of sp³-hybridized carbons (Fsp3) is 0.429. The highest BCUT2D eigenvalue weighted by Gasteiger charge is 2.18. The van der Waals surface area contributed by atoms with E-state index in [2.05, 4.69) is 52.8 Å². The molecule has 4 rings (SSSR count). The highest BCUT2D eigenvalue weighted by Crippen LogP contribution is 2.32. The number of fused-ring (bicyclic) bond motifs is 1. The summed E-state index contributed by atoms with van der Waals surface area (Å²) in [6, 6.07) is 13.3. The lowest BCUT2D eigenvalue weighted by Gasteiger charge is -2.21. The molecule has 5 heteroatoms. The first kappa shape index (κ1) is 17.3. The molecule has 1 N–H and O–H groups in total. The first-order chi connectivity index (χ1) is 12.7. The van der Waals surface area contributed by atoms with Crippen LogP contribution in [-0.2, 0) is 0 Å². The predicted molar refractivity (Wildman–Crippen MR) is 108 cm³/mol. The third-order valence-electron chi connectivity index (χ3n) is 5.32. The maximum atomic E-state index is 5.31. The van der Waals surface area contributed by atoms with E-state index in [1.807, 2.05) is 6.07 Å². The van der Waals surface area contributed by atoms with Crippen LogP contribution in [0.5, 0.6) is 5.75 Å². The number of anilines is 1. The van der Waals surface area contributed by atoms with Crippen LogP contribution in [0.25, 0.3) is 10.8 Å². The molecule has 0 amide bonds. The van der Waals surface area contributed by atoms with Gasteiger partial charge in [0.15, 0.2) is 0 Å². The van der Waals surface area contributed by atoms with Crippen molar-refractivity contribution in [2.45, 2.75) is 51.0 Å². The molecule has 1 aliphatic carbocycles. The second-order valence-electron chi connectivity index (χ2n) is 7.12. The zero-order valence-electron chi connectivity index (χ0n) is 15.4. The molecular weight excluding hydrogens is 342 g/mol.